The van der Waals surface area contributed by atoms with Crippen molar-refractivity contribution in [2.24, 2.45) is 5.41 Å². The zero-order valence-electron chi connectivity index (χ0n) is 13.3. The Balaban J connectivity index is 2.12. The minimum absolute atomic E-state index is 0.301. The van der Waals surface area contributed by atoms with Crippen LogP contribution in [0.1, 0.15) is 52.4 Å². The summed E-state index contributed by atoms with van der Waals surface area (Å²) in [5.74, 6) is 0. The highest BCUT2D eigenvalue weighted by Gasteiger charge is 2.42. The van der Waals surface area contributed by atoms with E-state index in [-0.39, 0.29) is 0 Å². The minimum Gasteiger partial charge on any atom is -0.310 e. The van der Waals surface area contributed by atoms with Crippen molar-refractivity contribution in [2.75, 3.05) is 0 Å². The molecule has 0 heterocycles. The van der Waals surface area contributed by atoms with Crippen LogP contribution in [-0.2, 0) is 0 Å². The smallest absolute Gasteiger partial charge is 0.0348 e. The summed E-state index contributed by atoms with van der Waals surface area (Å²) >= 11 is 0. The predicted octanol–water partition coefficient (Wildman–Crippen LogP) is 5.39. The van der Waals surface area contributed by atoms with Gasteiger partial charge in [0.1, 0.15) is 0 Å². The second kappa shape index (κ2) is 5.97. The number of hydrogen-bond donors (Lipinski definition) is 2. The van der Waals surface area contributed by atoms with Gasteiger partial charge in [0.15, 0.2) is 0 Å². The second-order valence-corrected chi connectivity index (χ2v) is 6.79. The SMILES string of the molecule is C=CC(=N)CC1=C(C)CC2(CC(C=C)=C(CC(C)=N)C2)C1. The molecule has 0 aliphatic heterocycles. The monoisotopic (exact) mass is 282 g/mol. The summed E-state index contributed by atoms with van der Waals surface area (Å²) in [4.78, 5) is 0. The van der Waals surface area contributed by atoms with Crippen molar-refractivity contribution < 1.29 is 0 Å². The van der Waals surface area contributed by atoms with Crippen molar-refractivity contribution in [3.05, 3.63) is 47.6 Å². The third-order valence-corrected chi connectivity index (χ3v) is 4.82. The fourth-order valence-electron chi connectivity index (χ4n) is 3.99. The van der Waals surface area contributed by atoms with E-state index >= 15 is 0 Å². The van der Waals surface area contributed by atoms with Crippen molar-refractivity contribution >= 4 is 11.4 Å². The van der Waals surface area contributed by atoms with Gasteiger partial charge in [-0.25, -0.2) is 0 Å². The van der Waals surface area contributed by atoms with Gasteiger partial charge < -0.3 is 10.8 Å². The Bertz CT molecular complexity index is 574. The first-order valence-electron chi connectivity index (χ1n) is 7.64. The Kier molecular flexibility index (Phi) is 4.46. The van der Waals surface area contributed by atoms with Crippen molar-refractivity contribution in [1.29, 1.82) is 10.8 Å². The third-order valence-electron chi connectivity index (χ3n) is 4.82. The lowest BCUT2D eigenvalue weighted by molar-refractivity contribution is 0.321. The van der Waals surface area contributed by atoms with Crippen LogP contribution >= 0.6 is 0 Å². The summed E-state index contributed by atoms with van der Waals surface area (Å²) in [6.07, 6.45) is 9.58. The first-order valence-corrected chi connectivity index (χ1v) is 7.64. The molecule has 2 aliphatic rings. The largest absolute Gasteiger partial charge is 0.310 e. The van der Waals surface area contributed by atoms with Gasteiger partial charge in [-0.1, -0.05) is 36.0 Å². The number of rotatable bonds is 6. The second-order valence-electron chi connectivity index (χ2n) is 6.79. The molecular weight excluding hydrogens is 256 g/mol. The molecule has 0 fully saturated rings. The van der Waals surface area contributed by atoms with E-state index in [1.54, 1.807) is 6.08 Å². The van der Waals surface area contributed by atoms with E-state index in [4.69, 9.17) is 10.8 Å². The van der Waals surface area contributed by atoms with Crippen LogP contribution in [0.4, 0.5) is 0 Å². The average Bonchev–Trinajstić information content (AvgIpc) is 2.89. The van der Waals surface area contributed by atoms with Crippen LogP contribution < -0.4 is 0 Å². The molecule has 2 aliphatic carbocycles. The van der Waals surface area contributed by atoms with E-state index in [1.807, 2.05) is 13.0 Å². The maximum Gasteiger partial charge on any atom is 0.0348 e. The zero-order valence-corrected chi connectivity index (χ0v) is 13.3. The van der Waals surface area contributed by atoms with Gasteiger partial charge in [0.25, 0.3) is 0 Å². The van der Waals surface area contributed by atoms with Crippen LogP contribution in [-0.4, -0.2) is 11.4 Å². The molecular formula is C19H26N2. The first-order chi connectivity index (χ1) is 9.89. The number of hydrogen-bond acceptors (Lipinski definition) is 2. The Labute approximate surface area is 128 Å². The van der Waals surface area contributed by atoms with Gasteiger partial charge in [-0.15, -0.1) is 0 Å². The summed E-state index contributed by atoms with van der Waals surface area (Å²) in [5, 5.41) is 15.6. The molecule has 2 rings (SSSR count). The molecule has 0 aromatic rings. The quantitative estimate of drug-likeness (QED) is 0.485. The van der Waals surface area contributed by atoms with E-state index < -0.39 is 0 Å². The van der Waals surface area contributed by atoms with Crippen molar-refractivity contribution in [3.8, 4) is 0 Å². The highest BCUT2D eigenvalue weighted by Crippen LogP contribution is 2.55. The summed E-state index contributed by atoms with van der Waals surface area (Å²) in [5.41, 5.74) is 7.30. The lowest BCUT2D eigenvalue weighted by Gasteiger charge is -2.24. The molecule has 1 atom stereocenters. The molecule has 2 N–H and O–H groups in total. The van der Waals surface area contributed by atoms with Gasteiger partial charge >= 0.3 is 0 Å². The maximum absolute atomic E-state index is 7.85. The molecule has 0 bridgehead atoms. The molecule has 2 nitrogen and oxygen atoms in total. The Hall–Kier alpha value is -1.70. The summed E-state index contributed by atoms with van der Waals surface area (Å²) in [7, 11) is 0. The van der Waals surface area contributed by atoms with Crippen LogP contribution in [0.5, 0.6) is 0 Å². The molecule has 0 amide bonds. The number of allylic oxidation sites excluding steroid dienone is 6. The van der Waals surface area contributed by atoms with Crippen LogP contribution in [0.25, 0.3) is 0 Å². The van der Waals surface area contributed by atoms with Crippen molar-refractivity contribution in [1.82, 2.24) is 0 Å². The van der Waals surface area contributed by atoms with Crippen LogP contribution in [0.15, 0.2) is 47.6 Å². The molecule has 2 heteroatoms. The van der Waals surface area contributed by atoms with Gasteiger partial charge in [0.2, 0.25) is 0 Å². The molecule has 0 saturated carbocycles. The lowest BCUT2D eigenvalue weighted by atomic mass is 9.79. The van der Waals surface area contributed by atoms with Gasteiger partial charge in [-0.05, 0) is 56.6 Å². The minimum atomic E-state index is 0.301. The summed E-state index contributed by atoms with van der Waals surface area (Å²) in [6.45, 7) is 11.8. The predicted molar refractivity (Wildman–Crippen MR) is 91.4 cm³/mol. The fourth-order valence-corrected chi connectivity index (χ4v) is 3.99. The molecule has 0 saturated heterocycles. The Morgan fingerprint density at radius 2 is 1.76 bits per heavy atom. The topological polar surface area (TPSA) is 47.7 Å². The van der Waals surface area contributed by atoms with Gasteiger partial charge in [0.05, 0.1) is 0 Å². The standard InChI is InChI=1S/C19H26N2/c1-5-15-10-19(12-17(15)7-14(4)20)9-13(3)16(11-19)8-18(21)6-2/h5-6,20-21H,1-2,7-12H2,3-4H3. The Morgan fingerprint density at radius 3 is 2.33 bits per heavy atom. The van der Waals surface area contributed by atoms with Gasteiger partial charge in [0, 0.05) is 24.3 Å². The molecule has 0 aromatic carbocycles. The average molecular weight is 282 g/mol. The van der Waals surface area contributed by atoms with Crippen LogP contribution in [0.2, 0.25) is 0 Å². The van der Waals surface area contributed by atoms with Crippen LogP contribution in [0, 0.1) is 16.2 Å². The Morgan fingerprint density at radius 1 is 1.10 bits per heavy atom. The van der Waals surface area contributed by atoms with E-state index in [1.165, 1.54) is 22.3 Å². The zero-order chi connectivity index (χ0) is 15.6. The normalized spacial score (nSPS) is 24.9. The molecule has 112 valence electrons. The molecule has 1 unspecified atom stereocenters. The fraction of sp³-hybridized carbons (Fsp3) is 0.474. The molecule has 0 radical (unpaired) electrons. The highest BCUT2D eigenvalue weighted by molar-refractivity contribution is 5.93. The van der Waals surface area contributed by atoms with Gasteiger partial charge in [-0.2, -0.15) is 0 Å². The van der Waals surface area contributed by atoms with E-state index in [0.29, 0.717) is 11.1 Å². The molecule has 0 aromatic heterocycles. The van der Waals surface area contributed by atoms with E-state index in [0.717, 1.165) is 44.2 Å². The number of nitrogens with one attached hydrogen (secondary N) is 2. The van der Waals surface area contributed by atoms with E-state index in [2.05, 4.69) is 20.1 Å². The summed E-state index contributed by atoms with van der Waals surface area (Å²) < 4.78 is 0. The molecule has 1 spiro atoms. The van der Waals surface area contributed by atoms with Crippen molar-refractivity contribution in [3.63, 3.8) is 0 Å². The maximum atomic E-state index is 7.85. The highest BCUT2D eigenvalue weighted by atomic mass is 14.5. The van der Waals surface area contributed by atoms with Crippen LogP contribution in [0.3, 0.4) is 0 Å². The third kappa shape index (κ3) is 3.31. The first kappa shape index (κ1) is 15.7. The summed E-state index contributed by atoms with van der Waals surface area (Å²) in [6, 6.07) is 0. The van der Waals surface area contributed by atoms with Crippen molar-refractivity contribution in [2.45, 2.75) is 52.4 Å². The van der Waals surface area contributed by atoms with Gasteiger partial charge in [-0.3, -0.25) is 0 Å². The molecule has 21 heavy (non-hydrogen) atoms. The lowest BCUT2D eigenvalue weighted by Crippen LogP contribution is -2.14. The van der Waals surface area contributed by atoms with E-state index in [9.17, 15) is 0 Å².